The van der Waals surface area contributed by atoms with Gasteiger partial charge in [-0.25, -0.2) is 0 Å². The number of likely N-dealkylation sites (tertiary alicyclic amines) is 1. The van der Waals surface area contributed by atoms with Crippen molar-refractivity contribution in [3.05, 3.63) is 53.1 Å². The van der Waals surface area contributed by atoms with Crippen LogP contribution < -0.4 is 9.47 Å². The Balaban J connectivity index is 1.09. The molecule has 264 valence electrons. The van der Waals surface area contributed by atoms with Crippen LogP contribution in [0.15, 0.2) is 36.4 Å². The van der Waals surface area contributed by atoms with Gasteiger partial charge < -0.3 is 19.5 Å². The summed E-state index contributed by atoms with van der Waals surface area (Å²) in [5.41, 5.74) is 3.05. The molecule has 1 N–H and O–H groups in total. The predicted molar refractivity (Wildman–Crippen MR) is 190 cm³/mol. The lowest BCUT2D eigenvalue weighted by Crippen LogP contribution is -2.69. The van der Waals surface area contributed by atoms with Crippen molar-refractivity contribution in [2.75, 3.05) is 19.6 Å². The summed E-state index contributed by atoms with van der Waals surface area (Å²) < 4.78 is 12.8. The number of benzene rings is 2. The number of phenolic OH excluding ortho intramolecular Hbond substituents is 1. The Hall–Kier alpha value is -3.06. The molecular weight excluding hydrogens is 612 g/mol. The molecule has 4 aliphatic carbocycles. The Kier molecular flexibility index (Phi) is 9.41. The first-order valence-electron chi connectivity index (χ1n) is 19.7. The number of rotatable bonds is 13. The lowest BCUT2D eigenvalue weighted by Gasteiger charge is -2.60. The van der Waals surface area contributed by atoms with Crippen molar-refractivity contribution in [3.8, 4) is 17.2 Å². The van der Waals surface area contributed by atoms with Crippen LogP contribution in [0.4, 0.5) is 0 Å². The third-order valence-corrected chi connectivity index (χ3v) is 13.3. The minimum Gasteiger partial charge on any atom is -0.508 e. The molecule has 8 rings (SSSR count). The van der Waals surface area contributed by atoms with E-state index in [1.165, 1.54) is 63.9 Å². The molecular formula is C42H56N2O5. The molecule has 5 atom stereocenters. The minimum absolute atomic E-state index is 0.0563. The molecule has 2 heterocycles. The number of ether oxygens (including phenoxy) is 2. The molecule has 4 fully saturated rings. The SMILES string of the molecule is CC(=O)Oc1cc(O)c2c3c1O[C@H]1[C@H](N(CCCc4ccccc4)C(=O)CCCCC4CCCCC4)CC[C@H]4[C@@H](C2)N(CC2CC2)CC[C@@]341. The summed E-state index contributed by atoms with van der Waals surface area (Å²) in [6, 6.07) is 12.5. The second-order valence-electron chi connectivity index (χ2n) is 16.4. The molecule has 7 heteroatoms. The second kappa shape index (κ2) is 13.9. The molecule has 2 bridgehead atoms. The van der Waals surface area contributed by atoms with Gasteiger partial charge in [0.25, 0.3) is 0 Å². The van der Waals surface area contributed by atoms with E-state index in [1.807, 2.05) is 0 Å². The third-order valence-electron chi connectivity index (χ3n) is 13.3. The van der Waals surface area contributed by atoms with Crippen molar-refractivity contribution in [3.63, 3.8) is 0 Å². The summed E-state index contributed by atoms with van der Waals surface area (Å²) in [5, 5.41) is 11.5. The zero-order valence-corrected chi connectivity index (χ0v) is 29.5. The number of phenols is 1. The number of aromatic hydroxyl groups is 1. The fourth-order valence-electron chi connectivity index (χ4n) is 11.0. The second-order valence-corrected chi connectivity index (χ2v) is 16.4. The van der Waals surface area contributed by atoms with Gasteiger partial charge in [0.15, 0.2) is 11.5 Å². The van der Waals surface area contributed by atoms with E-state index in [9.17, 15) is 14.7 Å². The first-order valence-corrected chi connectivity index (χ1v) is 19.7. The fraction of sp³-hybridized carbons (Fsp3) is 0.667. The van der Waals surface area contributed by atoms with Crippen molar-refractivity contribution in [2.45, 2.75) is 140 Å². The van der Waals surface area contributed by atoms with Crippen LogP contribution >= 0.6 is 0 Å². The number of hydrogen-bond donors (Lipinski definition) is 1. The highest BCUT2D eigenvalue weighted by molar-refractivity contribution is 5.77. The largest absolute Gasteiger partial charge is 0.508 e. The standard InChI is InChI=1S/C42H56N2O5/c1-28(45)48-37-26-36(46)32-25-35-33-20-21-34(41-42(33,39(32)40(37)49-41)22-24-43(35)27-31-18-19-31)44(23-10-16-30-13-6-3-7-14-30)38(47)17-9-8-15-29-11-4-2-5-12-29/h3,6-7,13-14,26,29,31,33-35,41,46H,2,4-5,8-12,15-25,27H2,1H3/t33-,34+,35+,41-,42-/m0/s1. The summed E-state index contributed by atoms with van der Waals surface area (Å²) in [6.45, 7) is 4.27. The highest BCUT2D eigenvalue weighted by atomic mass is 16.6. The Labute approximate surface area is 292 Å². The van der Waals surface area contributed by atoms with E-state index < -0.39 is 5.97 Å². The molecule has 7 nitrogen and oxygen atoms in total. The monoisotopic (exact) mass is 668 g/mol. The van der Waals surface area contributed by atoms with E-state index in [2.05, 4.69) is 40.1 Å². The first-order chi connectivity index (χ1) is 23.9. The smallest absolute Gasteiger partial charge is 0.308 e. The summed E-state index contributed by atoms with van der Waals surface area (Å²) >= 11 is 0. The first kappa shape index (κ1) is 33.1. The van der Waals surface area contributed by atoms with Gasteiger partial charge in [-0.05, 0) is 87.6 Å². The molecule has 0 aromatic heterocycles. The van der Waals surface area contributed by atoms with Gasteiger partial charge in [-0.2, -0.15) is 0 Å². The van der Waals surface area contributed by atoms with Gasteiger partial charge >= 0.3 is 5.97 Å². The average Bonchev–Trinajstić information content (AvgIpc) is 3.86. The number of aryl methyl sites for hydroxylation is 1. The van der Waals surface area contributed by atoms with E-state index in [1.54, 1.807) is 6.07 Å². The van der Waals surface area contributed by atoms with Crippen molar-refractivity contribution in [2.24, 2.45) is 17.8 Å². The topological polar surface area (TPSA) is 79.3 Å². The van der Waals surface area contributed by atoms with Crippen molar-refractivity contribution in [1.29, 1.82) is 0 Å². The quantitative estimate of drug-likeness (QED) is 0.134. The molecule has 6 aliphatic rings. The van der Waals surface area contributed by atoms with Gasteiger partial charge in [0.05, 0.1) is 6.04 Å². The molecule has 2 aromatic rings. The number of piperidine rings is 1. The number of carbonyl (C=O) groups excluding carboxylic acids is 2. The zero-order valence-electron chi connectivity index (χ0n) is 29.5. The zero-order chi connectivity index (χ0) is 33.5. The number of esters is 1. The molecule has 0 radical (unpaired) electrons. The van der Waals surface area contributed by atoms with Crippen LogP contribution in [0, 0.1) is 17.8 Å². The van der Waals surface area contributed by atoms with E-state index in [-0.39, 0.29) is 29.2 Å². The lowest BCUT2D eigenvalue weighted by molar-refractivity contribution is -0.143. The maximum Gasteiger partial charge on any atom is 0.308 e. The lowest BCUT2D eigenvalue weighted by atomic mass is 9.50. The number of nitrogens with zero attached hydrogens (tertiary/aromatic N) is 2. The molecule has 1 saturated heterocycles. The van der Waals surface area contributed by atoms with Crippen LogP contribution in [0.2, 0.25) is 0 Å². The normalized spacial score (nSPS) is 28.8. The Morgan fingerprint density at radius 2 is 1.82 bits per heavy atom. The molecule has 49 heavy (non-hydrogen) atoms. The van der Waals surface area contributed by atoms with E-state index in [0.29, 0.717) is 36.4 Å². The number of hydrogen-bond acceptors (Lipinski definition) is 6. The maximum atomic E-state index is 14.4. The van der Waals surface area contributed by atoms with Gasteiger partial charge in [0, 0.05) is 55.1 Å². The van der Waals surface area contributed by atoms with Crippen molar-refractivity contribution >= 4 is 11.9 Å². The van der Waals surface area contributed by atoms with Crippen LogP contribution in [-0.2, 0) is 27.8 Å². The van der Waals surface area contributed by atoms with E-state index in [4.69, 9.17) is 9.47 Å². The van der Waals surface area contributed by atoms with Gasteiger partial charge in [0.1, 0.15) is 11.9 Å². The van der Waals surface area contributed by atoms with Crippen molar-refractivity contribution < 1.29 is 24.2 Å². The van der Waals surface area contributed by atoms with Crippen LogP contribution in [0.3, 0.4) is 0 Å². The number of unbranched alkanes of at least 4 members (excludes halogenated alkanes) is 1. The minimum atomic E-state index is -0.418. The van der Waals surface area contributed by atoms with Gasteiger partial charge in [-0.15, -0.1) is 0 Å². The molecule has 1 amide bonds. The Morgan fingerprint density at radius 3 is 2.59 bits per heavy atom. The Morgan fingerprint density at radius 1 is 1.00 bits per heavy atom. The van der Waals surface area contributed by atoms with Gasteiger partial charge in [-0.3, -0.25) is 14.5 Å². The highest BCUT2D eigenvalue weighted by Gasteiger charge is 2.67. The molecule has 3 saturated carbocycles. The summed E-state index contributed by atoms with van der Waals surface area (Å²) in [4.78, 5) is 31.6. The molecule has 1 spiro atoms. The predicted octanol–water partition coefficient (Wildman–Crippen LogP) is 7.74. The number of carbonyl (C=O) groups is 2. The van der Waals surface area contributed by atoms with Crippen LogP contribution in [0.1, 0.15) is 120 Å². The maximum absolute atomic E-state index is 14.4. The molecule has 2 aromatic carbocycles. The van der Waals surface area contributed by atoms with Crippen molar-refractivity contribution in [1.82, 2.24) is 9.80 Å². The van der Waals surface area contributed by atoms with Crippen LogP contribution in [0.25, 0.3) is 0 Å². The van der Waals surface area contributed by atoms with Gasteiger partial charge in [0.2, 0.25) is 5.91 Å². The Bertz CT molecular complexity index is 1520. The average molecular weight is 669 g/mol. The molecule has 0 unspecified atom stereocenters. The fourth-order valence-corrected chi connectivity index (χ4v) is 11.0. The summed E-state index contributed by atoms with van der Waals surface area (Å²) in [5.74, 6) is 3.06. The molecule has 2 aliphatic heterocycles. The van der Waals surface area contributed by atoms with E-state index in [0.717, 1.165) is 87.4 Å². The van der Waals surface area contributed by atoms with E-state index >= 15 is 0 Å². The van der Waals surface area contributed by atoms with Crippen LogP contribution in [-0.4, -0.2) is 64.6 Å². The van der Waals surface area contributed by atoms with Crippen LogP contribution in [0.5, 0.6) is 17.2 Å². The third kappa shape index (κ3) is 6.38. The highest BCUT2D eigenvalue weighted by Crippen LogP contribution is 2.66. The summed E-state index contributed by atoms with van der Waals surface area (Å²) in [6.07, 6.45) is 18.7. The van der Waals surface area contributed by atoms with Gasteiger partial charge in [-0.1, -0.05) is 75.3 Å². The number of amides is 1. The summed E-state index contributed by atoms with van der Waals surface area (Å²) in [7, 11) is 0.